The number of aromatic nitrogens is 1. The Hall–Kier alpha value is -2.44. The Morgan fingerprint density at radius 1 is 1.26 bits per heavy atom. The minimum Gasteiger partial charge on any atom is -0.384 e. The SMILES string of the molecule is Cc1ncccc1C(=O)N[C@H](C)CC(=O)N1CC[C@](O)(c2ccc(Cl)cc2)C(C)(C)C1. The van der Waals surface area contributed by atoms with Gasteiger partial charge in [0.25, 0.3) is 5.91 Å². The maximum Gasteiger partial charge on any atom is 0.253 e. The van der Waals surface area contributed by atoms with Crippen LogP contribution in [0.15, 0.2) is 42.6 Å². The average Bonchev–Trinajstić information content (AvgIpc) is 2.70. The van der Waals surface area contributed by atoms with Gasteiger partial charge in [0.15, 0.2) is 0 Å². The predicted molar refractivity (Wildman–Crippen MR) is 121 cm³/mol. The zero-order valence-corrected chi connectivity index (χ0v) is 19.2. The lowest BCUT2D eigenvalue weighted by Crippen LogP contribution is -2.57. The third-order valence-electron chi connectivity index (χ3n) is 6.23. The standard InChI is InChI=1S/C24H30ClN3O3/c1-16(27-22(30)20-6-5-12-26-17(20)2)14-21(29)28-13-11-24(31,23(3,4)15-28)18-7-9-19(25)10-8-18/h5-10,12,16,31H,11,13-15H2,1-4H3,(H,27,30)/t16-,24+/m1/s1. The first-order chi connectivity index (χ1) is 14.5. The van der Waals surface area contributed by atoms with Crippen molar-refractivity contribution in [1.29, 1.82) is 0 Å². The van der Waals surface area contributed by atoms with Crippen LogP contribution in [0.25, 0.3) is 0 Å². The molecule has 0 saturated carbocycles. The number of carbonyl (C=O) groups is 2. The van der Waals surface area contributed by atoms with E-state index < -0.39 is 11.0 Å². The summed E-state index contributed by atoms with van der Waals surface area (Å²) in [5, 5.41) is 15.0. The topological polar surface area (TPSA) is 82.5 Å². The van der Waals surface area contributed by atoms with Crippen molar-refractivity contribution in [3.8, 4) is 0 Å². The van der Waals surface area contributed by atoms with E-state index in [1.807, 2.05) is 32.9 Å². The maximum absolute atomic E-state index is 12.9. The molecule has 1 saturated heterocycles. The van der Waals surface area contributed by atoms with E-state index >= 15 is 0 Å². The third kappa shape index (κ3) is 4.91. The summed E-state index contributed by atoms with van der Waals surface area (Å²) < 4.78 is 0. The second-order valence-electron chi connectivity index (χ2n) is 9.03. The molecule has 1 aliphatic rings. The van der Waals surface area contributed by atoms with Crippen molar-refractivity contribution >= 4 is 23.4 Å². The lowest BCUT2D eigenvalue weighted by atomic mass is 9.66. The number of hydrogen-bond donors (Lipinski definition) is 2. The maximum atomic E-state index is 12.9. The molecule has 0 unspecified atom stereocenters. The highest BCUT2D eigenvalue weighted by molar-refractivity contribution is 6.30. The van der Waals surface area contributed by atoms with Crippen molar-refractivity contribution in [2.45, 2.75) is 52.2 Å². The zero-order valence-electron chi connectivity index (χ0n) is 18.5. The Morgan fingerprint density at radius 3 is 2.55 bits per heavy atom. The Bertz CT molecular complexity index is 961. The Labute approximate surface area is 188 Å². The number of nitrogens with one attached hydrogen (secondary N) is 1. The van der Waals surface area contributed by atoms with Gasteiger partial charge in [0.05, 0.1) is 11.2 Å². The number of piperidine rings is 1. The van der Waals surface area contributed by atoms with E-state index in [0.717, 1.165) is 5.56 Å². The highest BCUT2D eigenvalue weighted by atomic mass is 35.5. The summed E-state index contributed by atoms with van der Waals surface area (Å²) in [6.07, 6.45) is 2.27. The number of aryl methyl sites for hydroxylation is 1. The van der Waals surface area contributed by atoms with Gasteiger partial charge >= 0.3 is 0 Å². The first-order valence-corrected chi connectivity index (χ1v) is 10.9. The Morgan fingerprint density at radius 2 is 1.94 bits per heavy atom. The van der Waals surface area contributed by atoms with Gasteiger partial charge in [-0.15, -0.1) is 0 Å². The molecular formula is C24H30ClN3O3. The minimum atomic E-state index is -1.05. The molecule has 3 rings (SSSR count). The number of pyridine rings is 1. The van der Waals surface area contributed by atoms with Crippen molar-refractivity contribution < 1.29 is 14.7 Å². The van der Waals surface area contributed by atoms with Crippen LogP contribution in [-0.4, -0.2) is 45.9 Å². The monoisotopic (exact) mass is 443 g/mol. The fourth-order valence-corrected chi connectivity index (χ4v) is 4.39. The van der Waals surface area contributed by atoms with Crippen LogP contribution >= 0.6 is 11.6 Å². The highest BCUT2D eigenvalue weighted by Gasteiger charge is 2.49. The number of carbonyl (C=O) groups excluding carboxylic acids is 2. The molecule has 2 atom stereocenters. The summed E-state index contributed by atoms with van der Waals surface area (Å²) in [5.41, 5.74) is 0.369. The number of nitrogens with zero attached hydrogens (tertiary/aromatic N) is 2. The van der Waals surface area contributed by atoms with E-state index in [2.05, 4.69) is 10.3 Å². The molecular weight excluding hydrogens is 414 g/mol. The Balaban J connectivity index is 1.62. The second kappa shape index (κ2) is 8.97. The van der Waals surface area contributed by atoms with Crippen molar-refractivity contribution in [1.82, 2.24) is 15.2 Å². The van der Waals surface area contributed by atoms with Crippen LogP contribution < -0.4 is 5.32 Å². The van der Waals surface area contributed by atoms with E-state index in [1.165, 1.54) is 0 Å². The molecule has 2 heterocycles. The van der Waals surface area contributed by atoms with Gasteiger partial charge in [-0.1, -0.05) is 37.6 Å². The summed E-state index contributed by atoms with van der Waals surface area (Å²) in [5.74, 6) is -0.274. The number of aliphatic hydroxyl groups is 1. The van der Waals surface area contributed by atoms with Crippen molar-refractivity contribution in [2.75, 3.05) is 13.1 Å². The molecule has 1 aliphatic heterocycles. The summed E-state index contributed by atoms with van der Waals surface area (Å²) in [7, 11) is 0. The van der Waals surface area contributed by atoms with Crippen molar-refractivity contribution in [2.24, 2.45) is 5.41 Å². The van der Waals surface area contributed by atoms with Gasteiger partial charge in [-0.2, -0.15) is 0 Å². The van der Waals surface area contributed by atoms with Crippen LogP contribution in [0.3, 0.4) is 0 Å². The molecule has 1 fully saturated rings. The predicted octanol–water partition coefficient (Wildman–Crippen LogP) is 3.70. The van der Waals surface area contributed by atoms with Gasteiger partial charge < -0.3 is 15.3 Å². The lowest BCUT2D eigenvalue weighted by Gasteiger charge is -2.50. The molecule has 2 aromatic rings. The number of halogens is 1. The number of hydrogen-bond acceptors (Lipinski definition) is 4. The Kier molecular flexibility index (Phi) is 6.72. The van der Waals surface area contributed by atoms with Gasteiger partial charge in [-0.05, 0) is 50.1 Å². The van der Waals surface area contributed by atoms with Crippen LogP contribution in [0.1, 0.15) is 55.2 Å². The smallest absolute Gasteiger partial charge is 0.253 e. The zero-order chi connectivity index (χ0) is 22.8. The summed E-state index contributed by atoms with van der Waals surface area (Å²) in [6.45, 7) is 8.41. The molecule has 1 aromatic carbocycles. The molecule has 0 spiro atoms. The molecule has 6 nitrogen and oxygen atoms in total. The van der Waals surface area contributed by atoms with Gasteiger partial charge in [0.1, 0.15) is 0 Å². The van der Waals surface area contributed by atoms with Crippen LogP contribution in [0.4, 0.5) is 0 Å². The van der Waals surface area contributed by atoms with Crippen LogP contribution in [0.5, 0.6) is 0 Å². The average molecular weight is 444 g/mol. The number of amides is 2. The molecule has 2 N–H and O–H groups in total. The van der Waals surface area contributed by atoms with E-state index in [-0.39, 0.29) is 24.3 Å². The fraction of sp³-hybridized carbons (Fsp3) is 0.458. The van der Waals surface area contributed by atoms with Crippen molar-refractivity contribution in [3.63, 3.8) is 0 Å². The fourth-order valence-electron chi connectivity index (χ4n) is 4.26. The number of likely N-dealkylation sites (tertiary alicyclic amines) is 1. The van der Waals surface area contributed by atoms with Crippen molar-refractivity contribution in [3.05, 3.63) is 64.4 Å². The molecule has 0 aliphatic carbocycles. The van der Waals surface area contributed by atoms with Crippen LogP contribution in [0.2, 0.25) is 5.02 Å². The quantitative estimate of drug-likeness (QED) is 0.738. The normalized spacial score (nSPS) is 21.4. The molecule has 1 aromatic heterocycles. The van der Waals surface area contributed by atoms with E-state index in [9.17, 15) is 14.7 Å². The third-order valence-corrected chi connectivity index (χ3v) is 6.49. The second-order valence-corrected chi connectivity index (χ2v) is 9.47. The van der Waals surface area contributed by atoms with Crippen LogP contribution in [-0.2, 0) is 10.4 Å². The first-order valence-electron chi connectivity index (χ1n) is 10.5. The molecule has 31 heavy (non-hydrogen) atoms. The minimum absolute atomic E-state index is 0.0399. The molecule has 2 amide bonds. The van der Waals surface area contributed by atoms with E-state index in [1.54, 1.807) is 42.3 Å². The van der Waals surface area contributed by atoms with Gasteiger partial charge in [0, 0.05) is 47.9 Å². The van der Waals surface area contributed by atoms with Crippen LogP contribution in [0, 0.1) is 12.3 Å². The van der Waals surface area contributed by atoms with E-state index in [4.69, 9.17) is 11.6 Å². The highest BCUT2D eigenvalue weighted by Crippen LogP contribution is 2.46. The molecule has 0 radical (unpaired) electrons. The van der Waals surface area contributed by atoms with Gasteiger partial charge in [-0.25, -0.2) is 0 Å². The largest absolute Gasteiger partial charge is 0.384 e. The van der Waals surface area contributed by atoms with Gasteiger partial charge in [0.2, 0.25) is 5.91 Å². The van der Waals surface area contributed by atoms with Gasteiger partial charge in [-0.3, -0.25) is 14.6 Å². The summed E-state index contributed by atoms with van der Waals surface area (Å²) in [6, 6.07) is 10.4. The van der Waals surface area contributed by atoms with E-state index in [0.29, 0.717) is 35.8 Å². The first kappa shape index (κ1) is 23.2. The molecule has 7 heteroatoms. The number of benzene rings is 1. The lowest BCUT2D eigenvalue weighted by molar-refractivity contribution is -0.153. The molecule has 166 valence electrons. The summed E-state index contributed by atoms with van der Waals surface area (Å²) in [4.78, 5) is 31.3. The summed E-state index contributed by atoms with van der Waals surface area (Å²) >= 11 is 6.00. The number of rotatable bonds is 5. The molecule has 0 bridgehead atoms.